The Morgan fingerprint density at radius 3 is 2.50 bits per heavy atom. The van der Waals surface area contributed by atoms with Crippen LogP contribution in [0.1, 0.15) is 43.1 Å². The third-order valence-electron chi connectivity index (χ3n) is 4.01. The standard InChI is InChI=1S/C16H20BrNO2/c1-10-5-6-11(7-13(10)17)15(20)18-9-12(8-14(18)19)16(2,3)4/h5-7,12H,8-9H2,1-4H3. The Kier molecular flexibility index (Phi) is 4.05. The quantitative estimate of drug-likeness (QED) is 0.731. The van der Waals surface area contributed by atoms with Gasteiger partial charge in [-0.2, -0.15) is 0 Å². The molecule has 1 aliphatic heterocycles. The third-order valence-corrected chi connectivity index (χ3v) is 4.87. The summed E-state index contributed by atoms with van der Waals surface area (Å²) in [5.41, 5.74) is 1.67. The van der Waals surface area contributed by atoms with Crippen LogP contribution in [0, 0.1) is 18.3 Å². The molecule has 2 amide bonds. The van der Waals surface area contributed by atoms with Gasteiger partial charge < -0.3 is 0 Å². The Bertz CT molecular complexity index is 560. The van der Waals surface area contributed by atoms with Gasteiger partial charge >= 0.3 is 0 Å². The van der Waals surface area contributed by atoms with Crippen molar-refractivity contribution in [1.29, 1.82) is 0 Å². The smallest absolute Gasteiger partial charge is 0.260 e. The van der Waals surface area contributed by atoms with Crippen molar-refractivity contribution in [2.75, 3.05) is 6.54 Å². The molecule has 1 saturated heterocycles. The molecule has 0 aromatic heterocycles. The topological polar surface area (TPSA) is 37.4 Å². The second kappa shape index (κ2) is 5.32. The molecule has 0 aliphatic carbocycles. The van der Waals surface area contributed by atoms with Crippen molar-refractivity contribution in [1.82, 2.24) is 4.90 Å². The van der Waals surface area contributed by atoms with Crippen LogP contribution in [-0.4, -0.2) is 23.3 Å². The van der Waals surface area contributed by atoms with Gasteiger partial charge in [-0.3, -0.25) is 14.5 Å². The van der Waals surface area contributed by atoms with Crippen molar-refractivity contribution < 1.29 is 9.59 Å². The molecule has 0 bridgehead atoms. The summed E-state index contributed by atoms with van der Waals surface area (Å²) in [6.45, 7) is 8.83. The van der Waals surface area contributed by atoms with Gasteiger partial charge in [-0.1, -0.05) is 42.8 Å². The van der Waals surface area contributed by atoms with E-state index in [4.69, 9.17) is 0 Å². The molecule has 1 aromatic rings. The van der Waals surface area contributed by atoms with Crippen molar-refractivity contribution >= 4 is 27.7 Å². The molecule has 1 unspecified atom stereocenters. The summed E-state index contributed by atoms with van der Waals surface area (Å²) in [7, 11) is 0. The Balaban J connectivity index is 2.21. The molecule has 1 fully saturated rings. The molecule has 1 atom stereocenters. The molecule has 2 rings (SSSR count). The normalized spacial score (nSPS) is 19.6. The van der Waals surface area contributed by atoms with Crippen LogP contribution in [-0.2, 0) is 4.79 Å². The minimum absolute atomic E-state index is 0.0402. The first-order valence-electron chi connectivity index (χ1n) is 6.81. The van der Waals surface area contributed by atoms with E-state index in [0.29, 0.717) is 18.5 Å². The highest BCUT2D eigenvalue weighted by atomic mass is 79.9. The summed E-state index contributed by atoms with van der Waals surface area (Å²) in [5, 5.41) is 0. The van der Waals surface area contributed by atoms with Crippen LogP contribution in [0.3, 0.4) is 0 Å². The Hall–Kier alpha value is -1.16. The second-order valence-corrected chi connectivity index (χ2v) is 7.39. The van der Waals surface area contributed by atoms with Gasteiger partial charge in [0.1, 0.15) is 0 Å². The summed E-state index contributed by atoms with van der Waals surface area (Å²) in [5.74, 6) is -0.0260. The van der Waals surface area contributed by atoms with Crippen molar-refractivity contribution in [2.24, 2.45) is 11.3 Å². The fraction of sp³-hybridized carbons (Fsp3) is 0.500. The molecule has 0 spiro atoms. The highest BCUT2D eigenvalue weighted by molar-refractivity contribution is 9.10. The van der Waals surface area contributed by atoms with Gasteiger partial charge in [0, 0.05) is 23.0 Å². The molecule has 108 valence electrons. The maximum atomic E-state index is 12.5. The molecule has 4 heteroatoms. The summed E-state index contributed by atoms with van der Waals surface area (Å²) >= 11 is 3.43. The number of rotatable bonds is 1. The van der Waals surface area contributed by atoms with E-state index in [1.165, 1.54) is 4.90 Å². The van der Waals surface area contributed by atoms with Crippen LogP contribution in [0.4, 0.5) is 0 Å². The number of carbonyl (C=O) groups excluding carboxylic acids is 2. The van der Waals surface area contributed by atoms with Crippen LogP contribution in [0.25, 0.3) is 0 Å². The monoisotopic (exact) mass is 337 g/mol. The number of nitrogens with zero attached hydrogens (tertiary/aromatic N) is 1. The van der Waals surface area contributed by atoms with Crippen LogP contribution >= 0.6 is 15.9 Å². The number of amides is 2. The molecule has 0 N–H and O–H groups in total. The van der Waals surface area contributed by atoms with Crippen molar-refractivity contribution in [3.05, 3.63) is 33.8 Å². The highest BCUT2D eigenvalue weighted by Crippen LogP contribution is 2.35. The summed E-state index contributed by atoms with van der Waals surface area (Å²) in [4.78, 5) is 26.0. The fourth-order valence-electron chi connectivity index (χ4n) is 2.37. The zero-order valence-corrected chi connectivity index (χ0v) is 14.0. The van der Waals surface area contributed by atoms with E-state index in [0.717, 1.165) is 10.0 Å². The van der Waals surface area contributed by atoms with Crippen LogP contribution in [0.5, 0.6) is 0 Å². The summed E-state index contributed by atoms with van der Waals surface area (Å²) < 4.78 is 0.891. The number of benzene rings is 1. The lowest BCUT2D eigenvalue weighted by Gasteiger charge is -2.26. The molecule has 3 nitrogen and oxygen atoms in total. The zero-order valence-electron chi connectivity index (χ0n) is 12.4. The van der Waals surface area contributed by atoms with E-state index < -0.39 is 0 Å². The lowest BCUT2D eigenvalue weighted by Crippen LogP contribution is -2.33. The molecule has 1 aromatic carbocycles. The molecule has 1 aliphatic rings. The van der Waals surface area contributed by atoms with Gasteiger partial charge in [-0.25, -0.2) is 0 Å². The average Bonchev–Trinajstić information content (AvgIpc) is 2.74. The second-order valence-electron chi connectivity index (χ2n) is 6.54. The van der Waals surface area contributed by atoms with E-state index >= 15 is 0 Å². The lowest BCUT2D eigenvalue weighted by atomic mass is 9.80. The fourth-order valence-corrected chi connectivity index (χ4v) is 2.74. The van der Waals surface area contributed by atoms with Gasteiger partial charge in [0.2, 0.25) is 5.91 Å². The van der Waals surface area contributed by atoms with Crippen molar-refractivity contribution in [3.8, 4) is 0 Å². The number of aryl methyl sites for hydroxylation is 1. The zero-order chi connectivity index (χ0) is 15.1. The maximum Gasteiger partial charge on any atom is 0.260 e. The minimum Gasteiger partial charge on any atom is -0.278 e. The number of hydrogen-bond acceptors (Lipinski definition) is 2. The molecular weight excluding hydrogens is 318 g/mol. The summed E-state index contributed by atoms with van der Waals surface area (Å²) in [6, 6.07) is 5.45. The highest BCUT2D eigenvalue weighted by Gasteiger charge is 2.39. The molecule has 0 saturated carbocycles. The first kappa shape index (κ1) is 15.2. The van der Waals surface area contributed by atoms with E-state index in [1.807, 2.05) is 13.0 Å². The first-order valence-corrected chi connectivity index (χ1v) is 7.60. The van der Waals surface area contributed by atoms with Crippen LogP contribution in [0.2, 0.25) is 0 Å². The Morgan fingerprint density at radius 1 is 1.35 bits per heavy atom. The SMILES string of the molecule is Cc1ccc(C(=O)N2CC(C(C)(C)C)CC2=O)cc1Br. The number of imide groups is 1. The Labute approximate surface area is 128 Å². The van der Waals surface area contributed by atoms with Gasteiger partial charge in [-0.05, 0) is 36.0 Å². The number of likely N-dealkylation sites (tertiary alicyclic amines) is 1. The Morgan fingerprint density at radius 2 is 2.00 bits per heavy atom. The van der Waals surface area contributed by atoms with E-state index in [-0.39, 0.29) is 23.1 Å². The van der Waals surface area contributed by atoms with E-state index in [9.17, 15) is 9.59 Å². The lowest BCUT2D eigenvalue weighted by molar-refractivity contribution is -0.125. The first-order chi connectivity index (χ1) is 9.20. The van der Waals surface area contributed by atoms with Gasteiger partial charge in [0.25, 0.3) is 5.91 Å². The number of carbonyl (C=O) groups is 2. The van der Waals surface area contributed by atoms with Gasteiger partial charge in [-0.15, -0.1) is 0 Å². The predicted molar refractivity (Wildman–Crippen MR) is 82.5 cm³/mol. The molecule has 0 radical (unpaired) electrons. The van der Waals surface area contributed by atoms with Gasteiger partial charge in [0.05, 0.1) is 0 Å². The molecule has 20 heavy (non-hydrogen) atoms. The van der Waals surface area contributed by atoms with E-state index in [1.54, 1.807) is 12.1 Å². The van der Waals surface area contributed by atoms with Crippen molar-refractivity contribution in [2.45, 2.75) is 34.1 Å². The maximum absolute atomic E-state index is 12.5. The molecular formula is C16H20BrNO2. The van der Waals surface area contributed by atoms with E-state index in [2.05, 4.69) is 36.7 Å². The van der Waals surface area contributed by atoms with Crippen LogP contribution in [0.15, 0.2) is 22.7 Å². The minimum atomic E-state index is -0.192. The average molecular weight is 338 g/mol. The van der Waals surface area contributed by atoms with Gasteiger partial charge in [0.15, 0.2) is 0 Å². The largest absolute Gasteiger partial charge is 0.278 e. The number of halogens is 1. The number of hydrogen-bond donors (Lipinski definition) is 0. The predicted octanol–water partition coefficient (Wildman–Crippen LogP) is 3.79. The molecule has 1 heterocycles. The third kappa shape index (κ3) is 2.95. The van der Waals surface area contributed by atoms with Crippen molar-refractivity contribution in [3.63, 3.8) is 0 Å². The van der Waals surface area contributed by atoms with Crippen LogP contribution < -0.4 is 0 Å². The summed E-state index contributed by atoms with van der Waals surface area (Å²) in [6.07, 6.45) is 0.461.